The van der Waals surface area contributed by atoms with Crippen LogP contribution in [0.3, 0.4) is 0 Å². The van der Waals surface area contributed by atoms with E-state index in [-0.39, 0.29) is 33.8 Å². The minimum absolute atomic E-state index is 0.161. The summed E-state index contributed by atoms with van der Waals surface area (Å²) < 4.78 is 15.2. The first kappa shape index (κ1) is 17.7. The average Bonchev–Trinajstić information content (AvgIpc) is 2.89. The van der Waals surface area contributed by atoms with Gasteiger partial charge in [0.25, 0.3) is 5.91 Å². The predicted molar refractivity (Wildman–Crippen MR) is 97.2 cm³/mol. The van der Waals surface area contributed by atoms with Crippen LogP contribution in [-0.4, -0.2) is 15.7 Å². The van der Waals surface area contributed by atoms with Crippen molar-refractivity contribution < 1.29 is 9.18 Å². The summed E-state index contributed by atoms with van der Waals surface area (Å²) in [6.07, 6.45) is 1.51. The molecule has 0 aliphatic carbocycles. The van der Waals surface area contributed by atoms with E-state index < -0.39 is 5.91 Å². The first-order chi connectivity index (χ1) is 11.9. The number of aromatic nitrogens is 2. The van der Waals surface area contributed by atoms with Crippen LogP contribution in [0.2, 0.25) is 15.1 Å². The topological polar surface area (TPSA) is 46.9 Å². The van der Waals surface area contributed by atoms with Crippen molar-refractivity contribution in [2.75, 3.05) is 5.32 Å². The van der Waals surface area contributed by atoms with Gasteiger partial charge in [-0.25, -0.2) is 4.39 Å². The minimum atomic E-state index is -0.472. The number of hydrogen-bond donors (Lipinski definition) is 1. The molecule has 0 aliphatic rings. The number of carbonyl (C=O) groups is 1. The summed E-state index contributed by atoms with van der Waals surface area (Å²) in [7, 11) is 0. The molecule has 1 aromatic heterocycles. The second kappa shape index (κ2) is 7.44. The zero-order chi connectivity index (χ0) is 18.0. The Morgan fingerprint density at radius 1 is 1.12 bits per heavy atom. The molecular weight excluding hydrogens is 388 g/mol. The van der Waals surface area contributed by atoms with Crippen LogP contribution >= 0.6 is 34.8 Å². The molecule has 0 atom stereocenters. The van der Waals surface area contributed by atoms with E-state index in [1.54, 1.807) is 24.3 Å². The van der Waals surface area contributed by atoms with E-state index in [4.69, 9.17) is 34.8 Å². The maximum absolute atomic E-state index is 13.7. The van der Waals surface area contributed by atoms with Gasteiger partial charge < -0.3 is 5.32 Å². The Kier molecular flexibility index (Phi) is 5.27. The molecule has 0 aliphatic heterocycles. The van der Waals surface area contributed by atoms with Crippen molar-refractivity contribution in [3.63, 3.8) is 0 Å². The van der Waals surface area contributed by atoms with E-state index in [1.165, 1.54) is 29.1 Å². The molecule has 1 amide bonds. The molecule has 0 unspecified atom stereocenters. The Labute approximate surface area is 158 Å². The summed E-state index contributed by atoms with van der Waals surface area (Å²) in [5.74, 6) is -0.651. The van der Waals surface area contributed by atoms with E-state index in [1.807, 2.05) is 0 Å². The summed E-state index contributed by atoms with van der Waals surface area (Å²) in [6, 6.07) is 10.9. The van der Waals surface area contributed by atoms with Crippen LogP contribution in [0.15, 0.2) is 48.7 Å². The molecule has 8 heteroatoms. The molecule has 1 N–H and O–H groups in total. The molecule has 2 aromatic carbocycles. The highest BCUT2D eigenvalue weighted by Gasteiger charge is 2.15. The van der Waals surface area contributed by atoms with Gasteiger partial charge in [-0.3, -0.25) is 9.48 Å². The predicted octanol–water partition coefficient (Wildman–Crippen LogP) is 5.28. The van der Waals surface area contributed by atoms with Crippen molar-refractivity contribution in [2.24, 2.45) is 0 Å². The third-order valence-corrected chi connectivity index (χ3v) is 4.24. The fraction of sp³-hybridized carbons (Fsp3) is 0.0588. The summed E-state index contributed by atoms with van der Waals surface area (Å²) >= 11 is 17.9. The number of halogens is 4. The van der Waals surface area contributed by atoms with Gasteiger partial charge in [-0.05, 0) is 24.3 Å². The lowest BCUT2D eigenvalue weighted by Gasteiger charge is -2.05. The number of nitrogens with one attached hydrogen (secondary N) is 1. The maximum atomic E-state index is 13.7. The highest BCUT2D eigenvalue weighted by molar-refractivity contribution is 6.37. The van der Waals surface area contributed by atoms with Gasteiger partial charge in [0.2, 0.25) is 0 Å². The van der Waals surface area contributed by atoms with Crippen LogP contribution in [0.1, 0.15) is 15.9 Å². The SMILES string of the molecule is O=C(Nc1nn(Cc2ccccc2F)cc1Cl)c1ccc(Cl)cc1Cl. The second-order valence-electron chi connectivity index (χ2n) is 5.19. The molecule has 1 heterocycles. The zero-order valence-corrected chi connectivity index (χ0v) is 14.9. The van der Waals surface area contributed by atoms with Crippen LogP contribution in [0, 0.1) is 5.82 Å². The van der Waals surface area contributed by atoms with Crippen molar-refractivity contribution in [3.8, 4) is 0 Å². The zero-order valence-electron chi connectivity index (χ0n) is 12.6. The normalized spacial score (nSPS) is 10.7. The maximum Gasteiger partial charge on any atom is 0.258 e. The summed E-state index contributed by atoms with van der Waals surface area (Å²) in [5.41, 5.74) is 0.700. The molecule has 0 fully saturated rings. The fourth-order valence-electron chi connectivity index (χ4n) is 2.21. The summed E-state index contributed by atoms with van der Waals surface area (Å²) in [4.78, 5) is 12.3. The summed E-state index contributed by atoms with van der Waals surface area (Å²) in [5, 5.41) is 7.63. The van der Waals surface area contributed by atoms with Gasteiger partial charge in [0.05, 0.1) is 17.1 Å². The van der Waals surface area contributed by atoms with Gasteiger partial charge in [-0.15, -0.1) is 0 Å². The average molecular weight is 399 g/mol. The lowest BCUT2D eigenvalue weighted by Crippen LogP contribution is -2.13. The van der Waals surface area contributed by atoms with E-state index in [9.17, 15) is 9.18 Å². The van der Waals surface area contributed by atoms with E-state index in [0.29, 0.717) is 10.6 Å². The first-order valence-corrected chi connectivity index (χ1v) is 8.30. The van der Waals surface area contributed by atoms with Crippen LogP contribution < -0.4 is 5.32 Å². The van der Waals surface area contributed by atoms with E-state index in [2.05, 4.69) is 10.4 Å². The molecule has 0 saturated heterocycles. The standard InChI is InChI=1S/C17H11Cl3FN3O/c18-11-5-6-12(13(19)7-11)17(25)22-16-14(20)9-24(23-16)8-10-3-1-2-4-15(10)21/h1-7,9H,8H2,(H,22,23,25). The third kappa shape index (κ3) is 4.12. The number of nitrogens with zero attached hydrogens (tertiary/aromatic N) is 2. The Morgan fingerprint density at radius 2 is 1.88 bits per heavy atom. The second-order valence-corrected chi connectivity index (χ2v) is 6.44. The van der Waals surface area contributed by atoms with Crippen molar-refractivity contribution in [3.05, 3.63) is 80.7 Å². The molecule has 3 aromatic rings. The van der Waals surface area contributed by atoms with E-state index >= 15 is 0 Å². The van der Waals surface area contributed by atoms with Gasteiger partial charge in [0.1, 0.15) is 10.8 Å². The smallest absolute Gasteiger partial charge is 0.258 e. The molecule has 3 rings (SSSR count). The first-order valence-electron chi connectivity index (χ1n) is 7.17. The minimum Gasteiger partial charge on any atom is -0.304 e. The van der Waals surface area contributed by atoms with Crippen molar-refractivity contribution >= 4 is 46.5 Å². The van der Waals surface area contributed by atoms with Crippen LogP contribution in [0.5, 0.6) is 0 Å². The molecule has 0 bridgehead atoms. The van der Waals surface area contributed by atoms with Crippen LogP contribution in [0.4, 0.5) is 10.2 Å². The number of anilines is 1. The van der Waals surface area contributed by atoms with Gasteiger partial charge in [0.15, 0.2) is 5.82 Å². The highest BCUT2D eigenvalue weighted by Crippen LogP contribution is 2.24. The van der Waals surface area contributed by atoms with Crippen molar-refractivity contribution in [1.29, 1.82) is 0 Å². The molecular formula is C17H11Cl3FN3O. The monoisotopic (exact) mass is 397 g/mol. The Balaban J connectivity index is 1.78. The molecule has 4 nitrogen and oxygen atoms in total. The molecule has 0 radical (unpaired) electrons. The van der Waals surface area contributed by atoms with Crippen LogP contribution in [0.25, 0.3) is 0 Å². The van der Waals surface area contributed by atoms with Crippen LogP contribution in [-0.2, 0) is 6.54 Å². The quantitative estimate of drug-likeness (QED) is 0.649. The Bertz CT molecular complexity index is 943. The molecule has 25 heavy (non-hydrogen) atoms. The van der Waals surface area contributed by atoms with E-state index in [0.717, 1.165) is 0 Å². The Hall–Kier alpha value is -2.08. The molecule has 0 spiro atoms. The number of rotatable bonds is 4. The highest BCUT2D eigenvalue weighted by atomic mass is 35.5. The number of hydrogen-bond acceptors (Lipinski definition) is 2. The van der Waals surface area contributed by atoms with Gasteiger partial charge in [0, 0.05) is 16.8 Å². The van der Waals surface area contributed by atoms with Gasteiger partial charge in [-0.1, -0.05) is 53.0 Å². The lowest BCUT2D eigenvalue weighted by molar-refractivity contribution is 0.102. The largest absolute Gasteiger partial charge is 0.304 e. The van der Waals surface area contributed by atoms with Crippen molar-refractivity contribution in [1.82, 2.24) is 9.78 Å². The number of amides is 1. The van der Waals surface area contributed by atoms with Gasteiger partial charge >= 0.3 is 0 Å². The molecule has 128 valence electrons. The number of carbonyl (C=O) groups excluding carboxylic acids is 1. The third-order valence-electron chi connectivity index (χ3n) is 3.41. The summed E-state index contributed by atoms with van der Waals surface area (Å²) in [6.45, 7) is 0.184. The molecule has 0 saturated carbocycles. The Morgan fingerprint density at radius 3 is 2.60 bits per heavy atom. The fourth-order valence-corrected chi connectivity index (χ4v) is 2.90. The van der Waals surface area contributed by atoms with Crippen molar-refractivity contribution in [2.45, 2.75) is 6.54 Å². The lowest BCUT2D eigenvalue weighted by atomic mass is 10.2. The number of benzene rings is 2. The van der Waals surface area contributed by atoms with Gasteiger partial charge in [-0.2, -0.15) is 5.10 Å².